The van der Waals surface area contributed by atoms with Gasteiger partial charge in [0.25, 0.3) is 5.91 Å². The fourth-order valence-electron chi connectivity index (χ4n) is 1.81. The van der Waals surface area contributed by atoms with Crippen LogP contribution < -0.4 is 11.1 Å². The Kier molecular flexibility index (Phi) is 3.08. The number of rotatable bonds is 4. The Hall–Kier alpha value is -1.58. The van der Waals surface area contributed by atoms with E-state index >= 15 is 0 Å². The number of carbonyl (C=O) groups is 1. The minimum absolute atomic E-state index is 0.175. The molecule has 0 radical (unpaired) electrons. The molecule has 0 spiro atoms. The molecule has 1 aromatic heterocycles. The van der Waals surface area contributed by atoms with Gasteiger partial charge in [0.2, 0.25) is 0 Å². The number of carbonyl (C=O) groups excluding carboxylic acids is 1. The summed E-state index contributed by atoms with van der Waals surface area (Å²) in [5.74, 6) is 0.627. The lowest BCUT2D eigenvalue weighted by Gasteiger charge is -2.13. The van der Waals surface area contributed by atoms with E-state index in [9.17, 15) is 4.79 Å². The number of nitrogen functional groups attached to an aromatic ring is 1. The van der Waals surface area contributed by atoms with Crippen molar-refractivity contribution in [3.63, 3.8) is 0 Å². The van der Waals surface area contributed by atoms with E-state index in [1.807, 2.05) is 6.92 Å². The number of pyridine rings is 1. The third-order valence-electron chi connectivity index (χ3n) is 2.82. The minimum Gasteiger partial charge on any atom is -0.397 e. The highest BCUT2D eigenvalue weighted by molar-refractivity contribution is 5.97. The quantitative estimate of drug-likeness (QED) is 0.808. The SMILES string of the molecule is CC(CC1CC1)NC(=O)c1ncccc1N. The molecule has 86 valence electrons. The van der Waals surface area contributed by atoms with Crippen molar-refractivity contribution in [2.45, 2.75) is 32.2 Å². The molecular formula is C12H17N3O. The number of aromatic nitrogens is 1. The van der Waals surface area contributed by atoms with Gasteiger partial charge in [-0.2, -0.15) is 0 Å². The van der Waals surface area contributed by atoms with Crippen LogP contribution in [0.5, 0.6) is 0 Å². The first-order valence-corrected chi connectivity index (χ1v) is 5.68. The Bertz CT molecular complexity index is 388. The molecule has 1 saturated carbocycles. The van der Waals surface area contributed by atoms with Crippen LogP contribution in [0.15, 0.2) is 18.3 Å². The summed E-state index contributed by atoms with van der Waals surface area (Å²) in [7, 11) is 0. The van der Waals surface area contributed by atoms with Gasteiger partial charge in [-0.25, -0.2) is 4.98 Å². The Morgan fingerprint density at radius 3 is 3.06 bits per heavy atom. The third-order valence-corrected chi connectivity index (χ3v) is 2.82. The van der Waals surface area contributed by atoms with Crippen molar-refractivity contribution < 1.29 is 4.79 Å². The molecule has 4 heteroatoms. The molecule has 0 bridgehead atoms. The summed E-state index contributed by atoms with van der Waals surface area (Å²) in [6.45, 7) is 2.02. The monoisotopic (exact) mass is 219 g/mol. The second-order valence-corrected chi connectivity index (χ2v) is 4.49. The van der Waals surface area contributed by atoms with E-state index in [0.29, 0.717) is 11.4 Å². The lowest BCUT2D eigenvalue weighted by atomic mass is 10.1. The average Bonchev–Trinajstić information content (AvgIpc) is 3.01. The predicted molar refractivity (Wildman–Crippen MR) is 62.9 cm³/mol. The molecular weight excluding hydrogens is 202 g/mol. The average molecular weight is 219 g/mol. The lowest BCUT2D eigenvalue weighted by molar-refractivity contribution is 0.0933. The zero-order valence-electron chi connectivity index (χ0n) is 9.44. The zero-order chi connectivity index (χ0) is 11.5. The number of hydrogen-bond donors (Lipinski definition) is 2. The van der Waals surface area contributed by atoms with E-state index < -0.39 is 0 Å². The van der Waals surface area contributed by atoms with Crippen molar-refractivity contribution in [2.75, 3.05) is 5.73 Å². The molecule has 1 atom stereocenters. The van der Waals surface area contributed by atoms with E-state index in [1.54, 1.807) is 18.3 Å². The van der Waals surface area contributed by atoms with Gasteiger partial charge in [0.05, 0.1) is 5.69 Å². The molecule has 3 N–H and O–H groups in total. The van der Waals surface area contributed by atoms with Crippen molar-refractivity contribution in [3.8, 4) is 0 Å². The first-order valence-electron chi connectivity index (χ1n) is 5.68. The molecule has 1 aromatic rings. The number of hydrogen-bond acceptors (Lipinski definition) is 3. The van der Waals surface area contributed by atoms with Gasteiger partial charge in [-0.15, -0.1) is 0 Å². The van der Waals surface area contributed by atoms with Crippen LogP contribution in [0.1, 0.15) is 36.7 Å². The second-order valence-electron chi connectivity index (χ2n) is 4.49. The molecule has 0 aliphatic heterocycles. The molecule has 1 unspecified atom stereocenters. The fraction of sp³-hybridized carbons (Fsp3) is 0.500. The molecule has 4 nitrogen and oxygen atoms in total. The van der Waals surface area contributed by atoms with Gasteiger partial charge in [0, 0.05) is 12.2 Å². The van der Waals surface area contributed by atoms with Gasteiger partial charge in [0.1, 0.15) is 0 Å². The molecule has 1 amide bonds. The maximum atomic E-state index is 11.8. The maximum absolute atomic E-state index is 11.8. The van der Waals surface area contributed by atoms with E-state index in [-0.39, 0.29) is 11.9 Å². The van der Waals surface area contributed by atoms with E-state index in [2.05, 4.69) is 10.3 Å². The van der Waals surface area contributed by atoms with Crippen molar-refractivity contribution in [2.24, 2.45) is 5.92 Å². The van der Waals surface area contributed by atoms with Gasteiger partial charge in [-0.05, 0) is 31.4 Å². The highest BCUT2D eigenvalue weighted by Crippen LogP contribution is 2.33. The summed E-state index contributed by atoms with van der Waals surface area (Å²) >= 11 is 0. The minimum atomic E-state index is -0.175. The summed E-state index contributed by atoms with van der Waals surface area (Å²) in [5, 5.41) is 2.93. The van der Waals surface area contributed by atoms with Crippen molar-refractivity contribution in [1.82, 2.24) is 10.3 Å². The Labute approximate surface area is 95.3 Å². The van der Waals surface area contributed by atoms with Crippen molar-refractivity contribution >= 4 is 11.6 Å². The van der Waals surface area contributed by atoms with E-state index in [1.165, 1.54) is 12.8 Å². The van der Waals surface area contributed by atoms with Crippen LogP contribution in [0, 0.1) is 5.92 Å². The summed E-state index contributed by atoms with van der Waals surface area (Å²) in [6.07, 6.45) is 5.23. The molecule has 0 aromatic carbocycles. The first-order chi connectivity index (χ1) is 7.66. The summed E-state index contributed by atoms with van der Waals surface area (Å²) in [5.41, 5.74) is 6.44. The highest BCUT2D eigenvalue weighted by atomic mass is 16.1. The van der Waals surface area contributed by atoms with Gasteiger partial charge in [-0.3, -0.25) is 4.79 Å². The summed E-state index contributed by atoms with van der Waals surface area (Å²) < 4.78 is 0. The van der Waals surface area contributed by atoms with Crippen LogP contribution >= 0.6 is 0 Å². The van der Waals surface area contributed by atoms with Crippen molar-refractivity contribution in [1.29, 1.82) is 0 Å². The lowest BCUT2D eigenvalue weighted by Crippen LogP contribution is -2.33. The van der Waals surface area contributed by atoms with Gasteiger partial charge in [-0.1, -0.05) is 12.8 Å². The zero-order valence-corrected chi connectivity index (χ0v) is 9.44. The summed E-state index contributed by atoms with van der Waals surface area (Å²) in [6, 6.07) is 3.61. The molecule has 1 fully saturated rings. The van der Waals surface area contributed by atoms with Gasteiger partial charge >= 0.3 is 0 Å². The molecule has 1 heterocycles. The molecule has 1 aliphatic rings. The third kappa shape index (κ3) is 2.72. The smallest absolute Gasteiger partial charge is 0.272 e. The van der Waals surface area contributed by atoms with Crippen LogP contribution in [-0.2, 0) is 0 Å². The number of anilines is 1. The number of nitrogens with zero attached hydrogens (tertiary/aromatic N) is 1. The molecule has 16 heavy (non-hydrogen) atoms. The maximum Gasteiger partial charge on any atom is 0.272 e. The fourth-order valence-corrected chi connectivity index (χ4v) is 1.81. The van der Waals surface area contributed by atoms with Crippen LogP contribution in [0.25, 0.3) is 0 Å². The topological polar surface area (TPSA) is 68.0 Å². The highest BCUT2D eigenvalue weighted by Gasteiger charge is 2.24. The van der Waals surface area contributed by atoms with Gasteiger partial charge < -0.3 is 11.1 Å². The number of amides is 1. The van der Waals surface area contributed by atoms with Gasteiger partial charge in [0.15, 0.2) is 5.69 Å². The molecule has 1 aliphatic carbocycles. The van der Waals surface area contributed by atoms with Crippen LogP contribution in [0.2, 0.25) is 0 Å². The van der Waals surface area contributed by atoms with Crippen LogP contribution in [0.3, 0.4) is 0 Å². The Morgan fingerprint density at radius 2 is 2.44 bits per heavy atom. The normalized spacial score (nSPS) is 16.8. The molecule has 2 rings (SSSR count). The largest absolute Gasteiger partial charge is 0.397 e. The number of nitrogens with two attached hydrogens (primary N) is 1. The second kappa shape index (κ2) is 4.51. The predicted octanol–water partition coefficient (Wildman–Crippen LogP) is 1.58. The Morgan fingerprint density at radius 1 is 1.69 bits per heavy atom. The van der Waals surface area contributed by atoms with E-state index in [4.69, 9.17) is 5.73 Å². The molecule has 0 saturated heterocycles. The van der Waals surface area contributed by atoms with Crippen LogP contribution in [0.4, 0.5) is 5.69 Å². The first kappa shape index (κ1) is 10.9. The number of nitrogens with one attached hydrogen (secondary N) is 1. The summed E-state index contributed by atoms with van der Waals surface area (Å²) in [4.78, 5) is 15.8. The standard InChI is InChI=1S/C12H17N3O/c1-8(7-9-4-5-9)15-12(16)11-10(13)3-2-6-14-11/h2-3,6,8-9H,4-5,7,13H2,1H3,(H,15,16). The Balaban J connectivity index is 1.94. The van der Waals surface area contributed by atoms with Crippen molar-refractivity contribution in [3.05, 3.63) is 24.0 Å². The van der Waals surface area contributed by atoms with E-state index in [0.717, 1.165) is 12.3 Å². The van der Waals surface area contributed by atoms with Crippen LogP contribution in [-0.4, -0.2) is 16.9 Å².